The van der Waals surface area contributed by atoms with Crippen LogP contribution in [0.25, 0.3) is 0 Å². The smallest absolute Gasteiger partial charge is 0.345 e. The first-order valence-corrected chi connectivity index (χ1v) is 5.42. The average molecular weight is 248 g/mol. The molecule has 1 rings (SSSR count). The Bertz CT molecular complexity index is 464. The lowest BCUT2D eigenvalue weighted by Crippen LogP contribution is -2.26. The fourth-order valence-electron chi connectivity index (χ4n) is 1.30. The second-order valence-electron chi connectivity index (χ2n) is 3.94. The van der Waals surface area contributed by atoms with Gasteiger partial charge in [0.2, 0.25) is 0 Å². The first kappa shape index (κ1) is 14.1. The number of carbonyl (C=O) groups is 3. The van der Waals surface area contributed by atoms with Crippen molar-refractivity contribution in [2.24, 2.45) is 0 Å². The number of hydrogen-bond donors (Lipinski definition) is 1. The fourth-order valence-corrected chi connectivity index (χ4v) is 1.30. The highest BCUT2D eigenvalue weighted by Gasteiger charge is 2.15. The Morgan fingerprint density at radius 3 is 2.22 bits per heavy atom. The van der Waals surface area contributed by atoms with E-state index < -0.39 is 25.3 Å². The largest absolute Gasteiger partial charge is 0.447 e. The van der Waals surface area contributed by atoms with Gasteiger partial charge in [-0.05, 0) is 24.5 Å². The van der Waals surface area contributed by atoms with Crippen molar-refractivity contribution in [2.45, 2.75) is 20.2 Å². The van der Waals surface area contributed by atoms with Gasteiger partial charge in [0.15, 0.2) is 0 Å². The van der Waals surface area contributed by atoms with Crippen molar-refractivity contribution >= 4 is 30.1 Å². The molecule has 0 aliphatic carbocycles. The second kappa shape index (κ2) is 6.11. The van der Waals surface area contributed by atoms with Crippen LogP contribution >= 0.6 is 0 Å². The Labute approximate surface area is 105 Å². The van der Waals surface area contributed by atoms with Crippen LogP contribution in [0.5, 0.6) is 0 Å². The molecule has 0 fully saturated rings. The van der Waals surface area contributed by atoms with E-state index in [2.05, 4.69) is 4.74 Å². The van der Waals surface area contributed by atoms with Gasteiger partial charge < -0.3 is 9.76 Å². The normalized spacial score (nSPS) is 9.72. The van der Waals surface area contributed by atoms with E-state index in [0.717, 1.165) is 0 Å². The van der Waals surface area contributed by atoms with Crippen LogP contribution in [0.2, 0.25) is 6.82 Å². The van der Waals surface area contributed by atoms with Crippen molar-refractivity contribution in [1.82, 2.24) is 0 Å². The van der Waals surface area contributed by atoms with Crippen LogP contribution < -0.4 is 5.46 Å². The van der Waals surface area contributed by atoms with Crippen LogP contribution in [-0.2, 0) is 14.3 Å². The van der Waals surface area contributed by atoms with Gasteiger partial charge in [-0.2, -0.15) is 0 Å². The van der Waals surface area contributed by atoms with Gasteiger partial charge in [-0.25, -0.2) is 4.79 Å². The molecule has 0 radical (unpaired) electrons. The van der Waals surface area contributed by atoms with Crippen LogP contribution in [0.1, 0.15) is 23.7 Å². The number of benzene rings is 1. The highest BCUT2D eigenvalue weighted by atomic mass is 16.6. The predicted molar refractivity (Wildman–Crippen MR) is 65.6 cm³/mol. The lowest BCUT2D eigenvalue weighted by atomic mass is 9.64. The summed E-state index contributed by atoms with van der Waals surface area (Å²) < 4.78 is 4.49. The molecule has 0 atom stereocenters. The molecule has 6 heteroatoms. The lowest BCUT2D eigenvalue weighted by molar-refractivity contribution is -0.140. The van der Waals surface area contributed by atoms with Crippen LogP contribution in [0.15, 0.2) is 24.3 Å². The third-order valence-electron chi connectivity index (χ3n) is 2.23. The van der Waals surface area contributed by atoms with Gasteiger partial charge in [0.25, 0.3) is 0 Å². The number of ether oxygens (including phenoxy) is 1. The quantitative estimate of drug-likeness (QED) is 0.466. The number of carbonyl (C=O) groups excluding carboxylic acids is 3. The molecule has 5 nitrogen and oxygen atoms in total. The monoisotopic (exact) mass is 248 g/mol. The summed E-state index contributed by atoms with van der Waals surface area (Å²) in [5.74, 6) is -2.04. The van der Waals surface area contributed by atoms with Gasteiger partial charge in [0.1, 0.15) is 12.2 Å². The lowest BCUT2D eigenvalue weighted by Gasteiger charge is -2.04. The Balaban J connectivity index is 2.67. The highest BCUT2D eigenvalue weighted by Crippen LogP contribution is 2.02. The van der Waals surface area contributed by atoms with E-state index in [1.807, 2.05) is 0 Å². The summed E-state index contributed by atoms with van der Waals surface area (Å²) in [5.41, 5.74) is 0.845. The van der Waals surface area contributed by atoms with Crippen molar-refractivity contribution < 1.29 is 24.1 Å². The molecule has 1 N–H and O–H groups in total. The van der Waals surface area contributed by atoms with E-state index in [9.17, 15) is 19.4 Å². The van der Waals surface area contributed by atoms with Gasteiger partial charge in [0.05, 0.1) is 5.56 Å². The standard InChI is InChI=1S/C12H13BO5/c1-8(14)7-11(15)18-12(16)9-3-5-10(6-4-9)13(2)17/h3-6,17H,7H2,1-2H3. The van der Waals surface area contributed by atoms with Crippen molar-refractivity contribution in [1.29, 1.82) is 0 Å². The molecule has 0 saturated heterocycles. The minimum atomic E-state index is -0.868. The van der Waals surface area contributed by atoms with Crippen LogP contribution in [0.3, 0.4) is 0 Å². The highest BCUT2D eigenvalue weighted by molar-refractivity contribution is 6.64. The molecule has 18 heavy (non-hydrogen) atoms. The van der Waals surface area contributed by atoms with Gasteiger partial charge in [0, 0.05) is 0 Å². The zero-order chi connectivity index (χ0) is 13.7. The molecule has 0 spiro atoms. The summed E-state index contributed by atoms with van der Waals surface area (Å²) in [6.45, 7) is 2.21. The zero-order valence-electron chi connectivity index (χ0n) is 10.2. The van der Waals surface area contributed by atoms with E-state index >= 15 is 0 Å². The van der Waals surface area contributed by atoms with Crippen molar-refractivity contribution in [2.75, 3.05) is 0 Å². The van der Waals surface area contributed by atoms with Crippen molar-refractivity contribution in [3.8, 4) is 0 Å². The Kier molecular flexibility index (Phi) is 4.80. The number of ketones is 1. The summed E-state index contributed by atoms with van der Waals surface area (Å²) in [6.07, 6.45) is -0.419. The fraction of sp³-hybridized carbons (Fsp3) is 0.250. The van der Waals surface area contributed by atoms with E-state index in [-0.39, 0.29) is 11.3 Å². The third kappa shape index (κ3) is 4.14. The predicted octanol–water partition coefficient (Wildman–Crippen LogP) is 0.170. The number of esters is 2. The van der Waals surface area contributed by atoms with Crippen LogP contribution in [0, 0.1) is 0 Å². The Morgan fingerprint density at radius 1 is 1.22 bits per heavy atom. The molecule has 1 aromatic carbocycles. The molecule has 94 valence electrons. The number of hydrogen-bond acceptors (Lipinski definition) is 5. The summed E-state index contributed by atoms with van der Waals surface area (Å²) >= 11 is 0. The van der Waals surface area contributed by atoms with Gasteiger partial charge in [-0.1, -0.05) is 19.0 Å². The minimum Gasteiger partial charge on any atom is -0.447 e. The van der Waals surface area contributed by atoms with Crippen LogP contribution in [-0.4, -0.2) is 29.7 Å². The molecule has 1 aromatic rings. The first-order valence-electron chi connectivity index (χ1n) is 5.42. The molecule has 0 unspecified atom stereocenters. The van der Waals surface area contributed by atoms with Gasteiger partial charge in [-0.15, -0.1) is 0 Å². The molecule has 0 aliphatic heterocycles. The van der Waals surface area contributed by atoms with E-state index in [1.165, 1.54) is 19.1 Å². The molecule has 0 heterocycles. The Hall–Kier alpha value is -1.95. The summed E-state index contributed by atoms with van der Waals surface area (Å²) in [6, 6.07) is 6.03. The Morgan fingerprint density at radius 2 is 1.78 bits per heavy atom. The molecule has 0 bridgehead atoms. The number of rotatable bonds is 4. The maximum atomic E-state index is 11.5. The minimum absolute atomic E-state index is 0.191. The molecule has 0 aliphatic rings. The summed E-state index contributed by atoms with van der Waals surface area (Å²) in [4.78, 5) is 33.3. The summed E-state index contributed by atoms with van der Waals surface area (Å²) in [7, 11) is 0. The average Bonchev–Trinajstić information content (AvgIpc) is 2.27. The van der Waals surface area contributed by atoms with E-state index in [1.54, 1.807) is 19.0 Å². The molecular weight excluding hydrogens is 235 g/mol. The summed E-state index contributed by atoms with van der Waals surface area (Å²) in [5, 5.41) is 9.29. The number of Topliss-reactive ketones (excluding diaryl/α,β-unsaturated/α-hetero) is 1. The van der Waals surface area contributed by atoms with Gasteiger partial charge >= 0.3 is 18.9 Å². The van der Waals surface area contributed by atoms with E-state index in [0.29, 0.717) is 5.46 Å². The molecule has 0 saturated carbocycles. The topological polar surface area (TPSA) is 80.7 Å². The zero-order valence-corrected chi connectivity index (χ0v) is 10.2. The third-order valence-corrected chi connectivity index (χ3v) is 2.23. The van der Waals surface area contributed by atoms with Crippen molar-refractivity contribution in [3.63, 3.8) is 0 Å². The maximum Gasteiger partial charge on any atom is 0.345 e. The SMILES string of the molecule is CB(O)c1ccc(C(=O)OC(=O)CC(C)=O)cc1. The maximum absolute atomic E-state index is 11.5. The second-order valence-corrected chi connectivity index (χ2v) is 3.94. The molecule has 0 aromatic heterocycles. The molecular formula is C12H13BO5. The van der Waals surface area contributed by atoms with Crippen LogP contribution in [0.4, 0.5) is 0 Å². The first-order chi connectivity index (χ1) is 8.40. The van der Waals surface area contributed by atoms with Gasteiger partial charge in [-0.3, -0.25) is 9.59 Å². The molecule has 0 amide bonds. The van der Waals surface area contributed by atoms with E-state index in [4.69, 9.17) is 0 Å². The van der Waals surface area contributed by atoms with Crippen molar-refractivity contribution in [3.05, 3.63) is 29.8 Å².